The Bertz CT molecular complexity index is 446. The third-order valence-electron chi connectivity index (χ3n) is 4.33. The van der Waals surface area contributed by atoms with E-state index in [0.717, 1.165) is 25.3 Å². The lowest BCUT2D eigenvalue weighted by Crippen LogP contribution is -2.39. The molecule has 20 heavy (non-hydrogen) atoms. The van der Waals surface area contributed by atoms with E-state index in [2.05, 4.69) is 4.90 Å². The molecule has 0 aromatic heterocycles. The number of nitrogens with zero attached hydrogens (tertiary/aromatic N) is 1. The highest BCUT2D eigenvalue weighted by Crippen LogP contribution is 2.37. The van der Waals surface area contributed by atoms with Crippen molar-refractivity contribution in [2.24, 2.45) is 11.3 Å². The van der Waals surface area contributed by atoms with Crippen LogP contribution in [0.2, 0.25) is 0 Å². The first-order valence-electron chi connectivity index (χ1n) is 7.18. The highest BCUT2D eigenvalue weighted by atomic mass is 16.5. The molecule has 1 unspecified atom stereocenters. The number of carboxylic acid groups (broad SMARTS) is 1. The average Bonchev–Trinajstić information content (AvgIpc) is 2.86. The summed E-state index contributed by atoms with van der Waals surface area (Å²) >= 11 is 0. The lowest BCUT2D eigenvalue weighted by Gasteiger charge is -2.28. The van der Waals surface area contributed by atoms with Crippen molar-refractivity contribution in [3.05, 3.63) is 30.3 Å². The second kappa shape index (κ2) is 6.27. The molecule has 1 atom stereocenters. The van der Waals surface area contributed by atoms with Gasteiger partial charge in [-0.15, -0.1) is 0 Å². The van der Waals surface area contributed by atoms with Crippen LogP contribution in [0.5, 0.6) is 5.75 Å². The van der Waals surface area contributed by atoms with Crippen molar-refractivity contribution in [3.8, 4) is 5.75 Å². The maximum Gasteiger partial charge on any atom is 0.311 e. The van der Waals surface area contributed by atoms with E-state index in [0.29, 0.717) is 13.2 Å². The minimum Gasteiger partial charge on any atom is -0.492 e. The summed E-state index contributed by atoms with van der Waals surface area (Å²) in [5, 5.41) is 9.50. The lowest BCUT2D eigenvalue weighted by atomic mass is 9.76. The van der Waals surface area contributed by atoms with Crippen LogP contribution in [-0.2, 0) is 4.79 Å². The highest BCUT2D eigenvalue weighted by molar-refractivity contribution is 5.75. The minimum absolute atomic E-state index is 0.153. The average molecular weight is 277 g/mol. The monoisotopic (exact) mass is 277 g/mol. The zero-order valence-electron chi connectivity index (χ0n) is 12.2. The summed E-state index contributed by atoms with van der Waals surface area (Å²) in [6.45, 7) is 6.82. The molecule has 1 aromatic rings. The summed E-state index contributed by atoms with van der Waals surface area (Å²) in [6.07, 6.45) is 0.728. The molecule has 4 heteroatoms. The van der Waals surface area contributed by atoms with Crippen LogP contribution in [0, 0.1) is 11.3 Å². The van der Waals surface area contributed by atoms with Gasteiger partial charge in [-0.25, -0.2) is 0 Å². The van der Waals surface area contributed by atoms with E-state index in [1.165, 1.54) is 0 Å². The zero-order valence-corrected chi connectivity index (χ0v) is 12.2. The van der Waals surface area contributed by atoms with E-state index in [1.54, 1.807) is 0 Å². The van der Waals surface area contributed by atoms with Crippen LogP contribution in [0.15, 0.2) is 30.3 Å². The molecule has 1 saturated heterocycles. The van der Waals surface area contributed by atoms with E-state index in [-0.39, 0.29) is 5.92 Å². The number of hydrogen-bond acceptors (Lipinski definition) is 3. The second-order valence-corrected chi connectivity index (χ2v) is 5.80. The third-order valence-corrected chi connectivity index (χ3v) is 4.33. The Kier molecular flexibility index (Phi) is 4.65. The van der Waals surface area contributed by atoms with Crippen molar-refractivity contribution < 1.29 is 14.6 Å². The maximum atomic E-state index is 11.5. The number of likely N-dealkylation sites (tertiary alicyclic amines) is 1. The number of aliphatic carboxylic acids is 1. The Morgan fingerprint density at radius 2 is 2.10 bits per heavy atom. The molecule has 110 valence electrons. The quantitative estimate of drug-likeness (QED) is 0.868. The summed E-state index contributed by atoms with van der Waals surface area (Å²) in [4.78, 5) is 13.7. The lowest BCUT2D eigenvalue weighted by molar-refractivity contribution is -0.151. The van der Waals surface area contributed by atoms with Gasteiger partial charge >= 0.3 is 5.97 Å². The molecular weight excluding hydrogens is 254 g/mol. The summed E-state index contributed by atoms with van der Waals surface area (Å²) in [5.74, 6) is 0.346. The van der Waals surface area contributed by atoms with Gasteiger partial charge in [0.25, 0.3) is 0 Å². The van der Waals surface area contributed by atoms with Gasteiger partial charge in [-0.2, -0.15) is 0 Å². The highest BCUT2D eigenvalue weighted by Gasteiger charge is 2.46. The minimum atomic E-state index is -0.668. The van der Waals surface area contributed by atoms with Crippen LogP contribution < -0.4 is 4.74 Å². The number of para-hydroxylation sites is 1. The van der Waals surface area contributed by atoms with E-state index in [1.807, 2.05) is 44.2 Å². The smallest absolute Gasteiger partial charge is 0.311 e. The zero-order chi connectivity index (χ0) is 14.6. The molecule has 1 heterocycles. The van der Waals surface area contributed by atoms with Gasteiger partial charge in [-0.1, -0.05) is 32.0 Å². The SMILES string of the molecule is CC(C)C1(C(=O)O)CCN(CCOc2ccccc2)C1. The third kappa shape index (κ3) is 3.12. The number of hydrogen-bond donors (Lipinski definition) is 1. The van der Waals surface area contributed by atoms with Crippen LogP contribution >= 0.6 is 0 Å². The largest absolute Gasteiger partial charge is 0.492 e. The van der Waals surface area contributed by atoms with Crippen molar-refractivity contribution >= 4 is 5.97 Å². The predicted octanol–water partition coefficient (Wildman–Crippen LogP) is 2.50. The molecule has 1 fully saturated rings. The molecule has 0 bridgehead atoms. The molecule has 0 aliphatic carbocycles. The molecule has 1 aromatic carbocycles. The first-order chi connectivity index (χ1) is 9.54. The fourth-order valence-electron chi connectivity index (χ4n) is 2.81. The van der Waals surface area contributed by atoms with Crippen molar-refractivity contribution in [1.82, 2.24) is 4.90 Å². The number of carbonyl (C=O) groups is 1. The molecule has 1 N–H and O–H groups in total. The fourth-order valence-corrected chi connectivity index (χ4v) is 2.81. The van der Waals surface area contributed by atoms with Gasteiger partial charge in [0.05, 0.1) is 5.41 Å². The molecular formula is C16H23NO3. The number of ether oxygens (including phenoxy) is 1. The van der Waals surface area contributed by atoms with Gasteiger partial charge in [0.1, 0.15) is 12.4 Å². The Morgan fingerprint density at radius 1 is 1.40 bits per heavy atom. The van der Waals surface area contributed by atoms with Gasteiger partial charge < -0.3 is 9.84 Å². The van der Waals surface area contributed by atoms with Gasteiger partial charge in [-0.05, 0) is 31.0 Å². The topological polar surface area (TPSA) is 49.8 Å². The van der Waals surface area contributed by atoms with Crippen molar-refractivity contribution in [2.45, 2.75) is 20.3 Å². The van der Waals surface area contributed by atoms with Crippen LogP contribution in [0.1, 0.15) is 20.3 Å². The van der Waals surface area contributed by atoms with Crippen molar-refractivity contribution in [3.63, 3.8) is 0 Å². The molecule has 0 amide bonds. The van der Waals surface area contributed by atoms with Crippen molar-refractivity contribution in [2.75, 3.05) is 26.2 Å². The van der Waals surface area contributed by atoms with E-state index >= 15 is 0 Å². The van der Waals surface area contributed by atoms with Crippen LogP contribution in [0.25, 0.3) is 0 Å². The number of carboxylic acids is 1. The molecule has 1 aliphatic heterocycles. The Balaban J connectivity index is 1.83. The second-order valence-electron chi connectivity index (χ2n) is 5.80. The van der Waals surface area contributed by atoms with E-state index < -0.39 is 11.4 Å². The van der Waals surface area contributed by atoms with Gasteiger partial charge in [0.15, 0.2) is 0 Å². The Labute approximate surface area is 120 Å². The fraction of sp³-hybridized carbons (Fsp3) is 0.562. The number of rotatable bonds is 6. The maximum absolute atomic E-state index is 11.5. The summed E-state index contributed by atoms with van der Waals surface area (Å²) in [7, 11) is 0. The Hall–Kier alpha value is -1.55. The normalized spacial score (nSPS) is 23.1. The van der Waals surface area contributed by atoms with Crippen LogP contribution in [0.3, 0.4) is 0 Å². The molecule has 2 rings (SSSR count). The van der Waals surface area contributed by atoms with E-state index in [9.17, 15) is 9.90 Å². The molecule has 1 aliphatic rings. The van der Waals surface area contributed by atoms with Crippen LogP contribution in [-0.4, -0.2) is 42.2 Å². The first kappa shape index (κ1) is 14.9. The first-order valence-corrected chi connectivity index (χ1v) is 7.18. The van der Waals surface area contributed by atoms with Crippen molar-refractivity contribution in [1.29, 1.82) is 0 Å². The molecule has 0 saturated carbocycles. The summed E-state index contributed by atoms with van der Waals surface area (Å²) in [6, 6.07) is 9.70. The van der Waals surface area contributed by atoms with Gasteiger partial charge in [0, 0.05) is 13.1 Å². The molecule has 0 spiro atoms. The van der Waals surface area contributed by atoms with E-state index in [4.69, 9.17) is 4.74 Å². The summed E-state index contributed by atoms with van der Waals surface area (Å²) < 4.78 is 5.67. The van der Waals surface area contributed by atoms with Gasteiger partial charge in [0.2, 0.25) is 0 Å². The van der Waals surface area contributed by atoms with Gasteiger partial charge in [-0.3, -0.25) is 9.69 Å². The standard InChI is InChI=1S/C16H23NO3/c1-13(2)16(15(18)19)8-9-17(12-16)10-11-20-14-6-4-3-5-7-14/h3-7,13H,8-12H2,1-2H3,(H,18,19). The predicted molar refractivity (Wildman–Crippen MR) is 77.9 cm³/mol. The molecule has 4 nitrogen and oxygen atoms in total. The summed E-state index contributed by atoms with van der Waals surface area (Å²) in [5.41, 5.74) is -0.591. The van der Waals surface area contributed by atoms with Crippen LogP contribution in [0.4, 0.5) is 0 Å². The number of benzene rings is 1. The molecule has 0 radical (unpaired) electrons. The Morgan fingerprint density at radius 3 is 2.65 bits per heavy atom.